The Bertz CT molecular complexity index is 705. The van der Waals surface area contributed by atoms with E-state index in [0.29, 0.717) is 6.61 Å². The van der Waals surface area contributed by atoms with E-state index in [2.05, 4.69) is 36.4 Å². The number of fused-ring (bicyclic) bond motifs is 3. The summed E-state index contributed by atoms with van der Waals surface area (Å²) >= 11 is 0. The van der Waals surface area contributed by atoms with Crippen LogP contribution in [0.1, 0.15) is 23.5 Å². The summed E-state index contributed by atoms with van der Waals surface area (Å²) in [4.78, 5) is 13.7. The molecular weight excluding hydrogens is 274 g/mol. The first kappa shape index (κ1) is 13.1. The molecule has 4 rings (SSSR count). The van der Waals surface area contributed by atoms with E-state index in [1.54, 1.807) is 11.1 Å². The first-order valence-electron chi connectivity index (χ1n) is 7.63. The zero-order valence-corrected chi connectivity index (χ0v) is 12.2. The highest BCUT2D eigenvalue weighted by Gasteiger charge is 2.29. The van der Waals surface area contributed by atoms with Gasteiger partial charge in [0, 0.05) is 18.7 Å². The molecule has 0 N–H and O–H groups in total. The van der Waals surface area contributed by atoms with Crippen molar-refractivity contribution in [3.8, 4) is 11.1 Å². The highest BCUT2D eigenvalue weighted by molar-refractivity contribution is 5.79. The summed E-state index contributed by atoms with van der Waals surface area (Å²) in [5.74, 6) is 0.128. The van der Waals surface area contributed by atoms with Crippen molar-refractivity contribution in [2.45, 2.75) is 12.3 Å². The molecule has 3 heteroatoms. The van der Waals surface area contributed by atoms with Gasteiger partial charge in [-0.3, -0.25) is 4.90 Å². The topological polar surface area (TPSA) is 29.5 Å². The number of amides is 1. The minimum atomic E-state index is -0.254. The molecule has 22 heavy (non-hydrogen) atoms. The third-order valence-electron chi connectivity index (χ3n) is 4.39. The van der Waals surface area contributed by atoms with Crippen molar-refractivity contribution in [3.05, 3.63) is 71.9 Å². The summed E-state index contributed by atoms with van der Waals surface area (Å²) in [6, 6.07) is 16.7. The van der Waals surface area contributed by atoms with Gasteiger partial charge in [-0.15, -0.1) is 0 Å². The van der Waals surface area contributed by atoms with Crippen LogP contribution in [-0.4, -0.2) is 24.1 Å². The molecule has 2 aliphatic rings. The SMILES string of the molecule is O=C(OCC1c2ccccc2-c2ccccc21)N1C=CCC1. The molecule has 110 valence electrons. The van der Waals surface area contributed by atoms with E-state index in [9.17, 15) is 4.79 Å². The van der Waals surface area contributed by atoms with E-state index < -0.39 is 0 Å². The van der Waals surface area contributed by atoms with Gasteiger partial charge in [0.05, 0.1) is 0 Å². The van der Waals surface area contributed by atoms with Crippen LogP contribution in [0.2, 0.25) is 0 Å². The molecule has 0 saturated carbocycles. The van der Waals surface area contributed by atoms with Crippen LogP contribution >= 0.6 is 0 Å². The fraction of sp³-hybridized carbons (Fsp3) is 0.211. The Hall–Kier alpha value is -2.55. The molecule has 2 aromatic rings. The average Bonchev–Trinajstić information content (AvgIpc) is 3.20. The molecule has 0 atom stereocenters. The van der Waals surface area contributed by atoms with Crippen LogP contribution in [0, 0.1) is 0 Å². The number of benzene rings is 2. The maximum atomic E-state index is 12.1. The molecule has 0 aromatic heterocycles. The summed E-state index contributed by atoms with van der Waals surface area (Å²) in [6.07, 6.45) is 4.44. The van der Waals surface area contributed by atoms with Gasteiger partial charge in [0.15, 0.2) is 0 Å². The Morgan fingerprint density at radius 2 is 1.68 bits per heavy atom. The Morgan fingerprint density at radius 1 is 1.05 bits per heavy atom. The number of rotatable bonds is 2. The Balaban J connectivity index is 1.59. The van der Waals surface area contributed by atoms with Crippen molar-refractivity contribution in [2.24, 2.45) is 0 Å². The Morgan fingerprint density at radius 3 is 2.27 bits per heavy atom. The van der Waals surface area contributed by atoms with E-state index in [-0.39, 0.29) is 12.0 Å². The maximum absolute atomic E-state index is 12.1. The largest absolute Gasteiger partial charge is 0.448 e. The summed E-state index contributed by atoms with van der Waals surface area (Å²) < 4.78 is 5.56. The van der Waals surface area contributed by atoms with Crippen molar-refractivity contribution >= 4 is 6.09 Å². The lowest BCUT2D eigenvalue weighted by Crippen LogP contribution is -2.26. The monoisotopic (exact) mass is 291 g/mol. The molecule has 3 nitrogen and oxygen atoms in total. The molecule has 0 fully saturated rings. The smallest absolute Gasteiger partial charge is 0.413 e. The highest BCUT2D eigenvalue weighted by Crippen LogP contribution is 2.44. The van der Waals surface area contributed by atoms with E-state index in [1.165, 1.54) is 22.3 Å². The molecule has 2 aromatic carbocycles. The molecule has 0 unspecified atom stereocenters. The van der Waals surface area contributed by atoms with Crippen LogP contribution in [0.15, 0.2) is 60.8 Å². The van der Waals surface area contributed by atoms with Gasteiger partial charge in [-0.2, -0.15) is 0 Å². The molecule has 1 aliphatic carbocycles. The van der Waals surface area contributed by atoms with Gasteiger partial charge in [0.25, 0.3) is 0 Å². The normalized spacial score (nSPS) is 15.7. The second-order valence-corrected chi connectivity index (χ2v) is 5.67. The first-order chi connectivity index (χ1) is 10.8. The lowest BCUT2D eigenvalue weighted by Gasteiger charge is -2.17. The molecular formula is C19H17NO2. The number of carbonyl (C=O) groups excluding carboxylic acids is 1. The van der Waals surface area contributed by atoms with Gasteiger partial charge < -0.3 is 4.74 Å². The van der Waals surface area contributed by atoms with Crippen molar-refractivity contribution in [1.29, 1.82) is 0 Å². The highest BCUT2D eigenvalue weighted by atomic mass is 16.6. The van der Waals surface area contributed by atoms with Crippen LogP contribution in [0.25, 0.3) is 11.1 Å². The molecule has 0 saturated heterocycles. The molecule has 0 radical (unpaired) electrons. The van der Waals surface area contributed by atoms with E-state index >= 15 is 0 Å². The van der Waals surface area contributed by atoms with Crippen LogP contribution in [0.5, 0.6) is 0 Å². The number of hydrogen-bond donors (Lipinski definition) is 0. The Kier molecular flexibility index (Phi) is 3.19. The minimum absolute atomic E-state index is 0.128. The fourth-order valence-corrected chi connectivity index (χ4v) is 3.32. The van der Waals surface area contributed by atoms with E-state index in [4.69, 9.17) is 4.74 Å². The maximum Gasteiger partial charge on any atom is 0.413 e. The van der Waals surface area contributed by atoms with Crippen LogP contribution in [0.4, 0.5) is 4.79 Å². The second-order valence-electron chi connectivity index (χ2n) is 5.67. The van der Waals surface area contributed by atoms with Crippen molar-refractivity contribution in [2.75, 3.05) is 13.2 Å². The minimum Gasteiger partial charge on any atom is -0.448 e. The Labute approximate surface area is 129 Å². The number of ether oxygens (including phenoxy) is 1. The van der Waals surface area contributed by atoms with Gasteiger partial charge in [-0.05, 0) is 28.7 Å². The number of nitrogens with zero attached hydrogens (tertiary/aromatic N) is 1. The van der Waals surface area contributed by atoms with Crippen molar-refractivity contribution in [1.82, 2.24) is 4.90 Å². The van der Waals surface area contributed by atoms with Crippen LogP contribution in [-0.2, 0) is 4.74 Å². The van der Waals surface area contributed by atoms with Crippen LogP contribution in [0.3, 0.4) is 0 Å². The lowest BCUT2D eigenvalue weighted by atomic mass is 9.98. The lowest BCUT2D eigenvalue weighted by molar-refractivity contribution is 0.116. The van der Waals surface area contributed by atoms with Crippen molar-refractivity contribution < 1.29 is 9.53 Å². The summed E-state index contributed by atoms with van der Waals surface area (Å²) in [6.45, 7) is 1.11. The molecule has 0 bridgehead atoms. The summed E-state index contributed by atoms with van der Waals surface area (Å²) in [7, 11) is 0. The summed E-state index contributed by atoms with van der Waals surface area (Å²) in [5.41, 5.74) is 4.99. The van der Waals surface area contributed by atoms with Gasteiger partial charge in [0.1, 0.15) is 6.61 Å². The van der Waals surface area contributed by atoms with Gasteiger partial charge in [-0.1, -0.05) is 54.6 Å². The molecule has 1 aliphatic heterocycles. The van der Waals surface area contributed by atoms with Crippen LogP contribution < -0.4 is 0 Å². The predicted molar refractivity (Wildman–Crippen MR) is 85.5 cm³/mol. The zero-order valence-electron chi connectivity index (χ0n) is 12.2. The molecule has 1 heterocycles. The average molecular weight is 291 g/mol. The molecule has 0 spiro atoms. The number of carbonyl (C=O) groups is 1. The predicted octanol–water partition coefficient (Wildman–Crippen LogP) is 4.15. The standard InChI is InChI=1S/C19H17NO2/c21-19(20-11-5-6-12-20)22-13-18-16-9-3-1-7-14(16)15-8-2-4-10-17(15)18/h1-5,7-11,18H,6,12-13H2. The van der Waals surface area contributed by atoms with Gasteiger partial charge in [-0.25, -0.2) is 4.79 Å². The fourth-order valence-electron chi connectivity index (χ4n) is 3.32. The zero-order chi connectivity index (χ0) is 14.9. The van der Waals surface area contributed by atoms with Gasteiger partial charge >= 0.3 is 6.09 Å². The first-order valence-corrected chi connectivity index (χ1v) is 7.63. The van der Waals surface area contributed by atoms with Gasteiger partial charge in [0.2, 0.25) is 0 Å². The van der Waals surface area contributed by atoms with E-state index in [0.717, 1.165) is 13.0 Å². The summed E-state index contributed by atoms with van der Waals surface area (Å²) in [5, 5.41) is 0. The number of hydrogen-bond acceptors (Lipinski definition) is 2. The van der Waals surface area contributed by atoms with Crippen molar-refractivity contribution in [3.63, 3.8) is 0 Å². The third kappa shape index (κ3) is 2.10. The van der Waals surface area contributed by atoms with E-state index in [1.807, 2.05) is 18.2 Å². The third-order valence-corrected chi connectivity index (χ3v) is 4.39. The quantitative estimate of drug-likeness (QED) is 0.831. The second kappa shape index (κ2) is 5.34. The molecule has 1 amide bonds.